The van der Waals surface area contributed by atoms with Crippen LogP contribution in [-0.2, 0) is 14.3 Å². The Bertz CT molecular complexity index is 1080. The number of aliphatic hydroxyl groups excluding tert-OH is 5. The fourth-order valence-electron chi connectivity index (χ4n) is 8.42. The van der Waals surface area contributed by atoms with Crippen LogP contribution < -0.4 is 5.32 Å². The highest BCUT2D eigenvalue weighted by molar-refractivity contribution is 5.76. The second kappa shape index (κ2) is 44.3. The lowest BCUT2D eigenvalue weighted by Crippen LogP contribution is -2.60. The van der Waals surface area contributed by atoms with Crippen molar-refractivity contribution >= 4 is 5.91 Å². The summed E-state index contributed by atoms with van der Waals surface area (Å²) in [4.78, 5) is 13.0. The molecule has 0 aromatic heterocycles. The number of rotatable bonds is 45. The van der Waals surface area contributed by atoms with Crippen LogP contribution in [0.15, 0.2) is 36.5 Å². The standard InChI is InChI=1S/C54H101NO8/c1-3-5-7-9-11-13-15-17-19-21-23-24-26-27-29-31-33-35-37-39-41-43-48(57)47(46-62-54-53(61)52(60)51(59)49(45-56)63-54)55-50(58)44-42-40-38-36-34-32-30-28-25-22-20-18-16-14-12-10-8-6-4-2/h12,14,18,20,41,43,47-49,51-54,56-57,59-61H,3-11,13,15-17,19,21-40,42,44-46H2,1-2H3,(H,55,58)/b14-12-,20-18-,43-41+. The van der Waals surface area contributed by atoms with Crippen LogP contribution in [0.5, 0.6) is 0 Å². The van der Waals surface area contributed by atoms with Crippen molar-refractivity contribution in [3.63, 3.8) is 0 Å². The molecule has 1 saturated heterocycles. The number of ether oxygens (including phenoxy) is 2. The van der Waals surface area contributed by atoms with Crippen molar-refractivity contribution in [1.82, 2.24) is 5.32 Å². The van der Waals surface area contributed by atoms with Gasteiger partial charge in [-0.15, -0.1) is 0 Å². The maximum Gasteiger partial charge on any atom is 0.220 e. The van der Waals surface area contributed by atoms with E-state index in [1.54, 1.807) is 6.08 Å². The summed E-state index contributed by atoms with van der Waals surface area (Å²) in [6.07, 6.45) is 49.0. The van der Waals surface area contributed by atoms with Gasteiger partial charge in [-0.05, 0) is 51.4 Å². The Morgan fingerprint density at radius 3 is 1.40 bits per heavy atom. The van der Waals surface area contributed by atoms with Crippen molar-refractivity contribution in [1.29, 1.82) is 0 Å². The zero-order valence-corrected chi connectivity index (χ0v) is 40.8. The SMILES string of the molecule is CCCCC/C=C\C/C=C\CCCCCCCCCCCC(=O)NC(COC1OC(CO)C(O)C(O)C1O)C(O)/C=C/CCCCCCCCCCCCCCCCCCCCC. The van der Waals surface area contributed by atoms with E-state index in [2.05, 4.69) is 43.5 Å². The third kappa shape index (κ3) is 34.4. The summed E-state index contributed by atoms with van der Waals surface area (Å²) in [6, 6.07) is -0.807. The van der Waals surface area contributed by atoms with E-state index in [0.29, 0.717) is 6.42 Å². The van der Waals surface area contributed by atoms with Gasteiger partial charge in [-0.2, -0.15) is 0 Å². The van der Waals surface area contributed by atoms with Gasteiger partial charge in [0.2, 0.25) is 5.91 Å². The average molecular weight is 892 g/mol. The summed E-state index contributed by atoms with van der Waals surface area (Å²) in [5, 5.41) is 54.4. The van der Waals surface area contributed by atoms with Gasteiger partial charge in [0, 0.05) is 6.42 Å². The van der Waals surface area contributed by atoms with Gasteiger partial charge in [0.05, 0.1) is 25.4 Å². The fraction of sp³-hybridized carbons (Fsp3) is 0.870. The summed E-state index contributed by atoms with van der Waals surface area (Å²) in [5.41, 5.74) is 0. The predicted molar refractivity (Wildman–Crippen MR) is 263 cm³/mol. The average Bonchev–Trinajstić information content (AvgIpc) is 3.28. The van der Waals surface area contributed by atoms with Crippen LogP contribution in [0.25, 0.3) is 0 Å². The first kappa shape index (κ1) is 59.4. The van der Waals surface area contributed by atoms with Gasteiger partial charge in [-0.25, -0.2) is 0 Å². The van der Waals surface area contributed by atoms with Gasteiger partial charge in [0.25, 0.3) is 0 Å². The molecule has 0 aromatic carbocycles. The lowest BCUT2D eigenvalue weighted by Gasteiger charge is -2.40. The number of hydrogen-bond donors (Lipinski definition) is 6. The number of unbranched alkanes of at least 4 members (excludes halogenated alkanes) is 31. The Labute approximate surface area is 387 Å². The number of carbonyl (C=O) groups excluding carboxylic acids is 1. The van der Waals surface area contributed by atoms with Gasteiger partial charge in [-0.1, -0.05) is 224 Å². The Balaban J connectivity index is 2.28. The van der Waals surface area contributed by atoms with E-state index >= 15 is 0 Å². The molecular weight excluding hydrogens is 791 g/mol. The van der Waals surface area contributed by atoms with Crippen molar-refractivity contribution in [2.24, 2.45) is 0 Å². The number of nitrogens with one attached hydrogen (secondary N) is 1. The van der Waals surface area contributed by atoms with E-state index in [-0.39, 0.29) is 12.5 Å². The summed E-state index contributed by atoms with van der Waals surface area (Å²) in [6.45, 7) is 3.77. The molecule has 1 rings (SSSR count). The summed E-state index contributed by atoms with van der Waals surface area (Å²) in [5.74, 6) is -0.180. The van der Waals surface area contributed by atoms with Crippen molar-refractivity contribution in [2.75, 3.05) is 13.2 Å². The minimum Gasteiger partial charge on any atom is -0.394 e. The number of aliphatic hydroxyl groups is 5. The second-order valence-corrected chi connectivity index (χ2v) is 18.7. The van der Waals surface area contributed by atoms with Crippen molar-refractivity contribution < 1.29 is 39.8 Å². The molecule has 7 unspecified atom stereocenters. The van der Waals surface area contributed by atoms with Crippen LogP contribution in [0.4, 0.5) is 0 Å². The first-order chi connectivity index (χ1) is 30.8. The molecule has 0 aromatic rings. The number of amides is 1. The third-order valence-electron chi connectivity index (χ3n) is 12.7. The minimum atomic E-state index is -1.57. The van der Waals surface area contributed by atoms with E-state index < -0.39 is 49.5 Å². The highest BCUT2D eigenvalue weighted by atomic mass is 16.7. The Hall–Kier alpha value is -1.59. The molecule has 1 aliphatic rings. The Kier molecular flexibility index (Phi) is 41.7. The van der Waals surface area contributed by atoms with Crippen molar-refractivity contribution in [2.45, 2.75) is 288 Å². The molecule has 1 aliphatic heterocycles. The van der Waals surface area contributed by atoms with Gasteiger partial charge in [0.15, 0.2) is 6.29 Å². The van der Waals surface area contributed by atoms with Gasteiger partial charge >= 0.3 is 0 Å². The van der Waals surface area contributed by atoms with E-state index in [4.69, 9.17) is 9.47 Å². The topological polar surface area (TPSA) is 149 Å². The van der Waals surface area contributed by atoms with Crippen molar-refractivity contribution in [3.05, 3.63) is 36.5 Å². The summed E-state index contributed by atoms with van der Waals surface area (Å²) >= 11 is 0. The van der Waals surface area contributed by atoms with Crippen LogP contribution in [0.1, 0.15) is 245 Å². The highest BCUT2D eigenvalue weighted by Gasteiger charge is 2.44. The maximum atomic E-state index is 13.0. The Morgan fingerprint density at radius 2 is 0.937 bits per heavy atom. The molecule has 7 atom stereocenters. The third-order valence-corrected chi connectivity index (χ3v) is 12.7. The molecule has 9 nitrogen and oxygen atoms in total. The van der Waals surface area contributed by atoms with E-state index in [9.17, 15) is 30.3 Å². The second-order valence-electron chi connectivity index (χ2n) is 18.7. The predicted octanol–water partition coefficient (Wildman–Crippen LogP) is 12.4. The van der Waals surface area contributed by atoms with Crippen molar-refractivity contribution in [3.8, 4) is 0 Å². The summed E-state index contributed by atoms with van der Waals surface area (Å²) < 4.78 is 11.3. The van der Waals surface area contributed by atoms with Gasteiger partial charge in [-0.3, -0.25) is 4.79 Å². The van der Waals surface area contributed by atoms with E-state index in [1.165, 1.54) is 180 Å². The van der Waals surface area contributed by atoms with Crippen LogP contribution in [0.2, 0.25) is 0 Å². The molecule has 1 heterocycles. The number of hydrogen-bond acceptors (Lipinski definition) is 8. The van der Waals surface area contributed by atoms with Gasteiger partial charge in [0.1, 0.15) is 24.4 Å². The first-order valence-corrected chi connectivity index (χ1v) is 26.7. The smallest absolute Gasteiger partial charge is 0.220 e. The number of allylic oxidation sites excluding steroid dienone is 5. The molecule has 6 N–H and O–H groups in total. The van der Waals surface area contributed by atoms with Gasteiger partial charge < -0.3 is 40.3 Å². The quantitative estimate of drug-likeness (QED) is 0.0261. The number of carbonyl (C=O) groups is 1. The zero-order valence-electron chi connectivity index (χ0n) is 40.8. The fourth-order valence-corrected chi connectivity index (χ4v) is 8.42. The summed E-state index contributed by atoms with van der Waals surface area (Å²) in [7, 11) is 0. The molecule has 9 heteroatoms. The monoisotopic (exact) mass is 892 g/mol. The molecule has 1 fully saturated rings. The molecule has 1 amide bonds. The molecular formula is C54H101NO8. The molecule has 0 bridgehead atoms. The van der Waals surface area contributed by atoms with Crippen LogP contribution in [-0.4, -0.2) is 87.5 Å². The lowest BCUT2D eigenvalue weighted by atomic mass is 9.99. The molecule has 0 aliphatic carbocycles. The maximum absolute atomic E-state index is 13.0. The highest BCUT2D eigenvalue weighted by Crippen LogP contribution is 2.23. The molecule has 63 heavy (non-hydrogen) atoms. The largest absolute Gasteiger partial charge is 0.394 e. The first-order valence-electron chi connectivity index (χ1n) is 26.7. The minimum absolute atomic E-state index is 0.180. The molecule has 0 saturated carbocycles. The Morgan fingerprint density at radius 1 is 0.540 bits per heavy atom. The van der Waals surface area contributed by atoms with Crippen LogP contribution in [0, 0.1) is 0 Å². The zero-order chi connectivity index (χ0) is 45.9. The van der Waals surface area contributed by atoms with Crippen LogP contribution in [0.3, 0.4) is 0 Å². The van der Waals surface area contributed by atoms with E-state index in [0.717, 1.165) is 44.9 Å². The van der Waals surface area contributed by atoms with Crippen LogP contribution >= 0.6 is 0 Å². The molecule has 370 valence electrons. The molecule has 0 spiro atoms. The normalized spacial score (nSPS) is 20.4. The van der Waals surface area contributed by atoms with E-state index in [1.807, 2.05) is 6.08 Å². The lowest BCUT2D eigenvalue weighted by molar-refractivity contribution is -0.302. The molecule has 0 radical (unpaired) electrons.